The predicted octanol–water partition coefficient (Wildman–Crippen LogP) is 2.82. The van der Waals surface area contributed by atoms with E-state index in [0.717, 1.165) is 33.5 Å². The normalized spacial score (nSPS) is 12.0. The minimum atomic E-state index is -1.35. The first-order valence-corrected chi connectivity index (χ1v) is 9.31. The standard InChI is InChI=1S/C22H21N5O3/c1-27(2)22(29)20(28)18-9-17(25-12-26-18)13-8-15-16(11-24-21(15)23-10-13)14-6-4-5-7-19(14)30-3/h4-12,20,28H,1-3H3,(H,23,24). The van der Waals surface area contributed by atoms with E-state index in [2.05, 4.69) is 19.9 Å². The van der Waals surface area contributed by atoms with Gasteiger partial charge in [0.1, 0.15) is 17.7 Å². The van der Waals surface area contributed by atoms with Crippen molar-refractivity contribution in [1.29, 1.82) is 0 Å². The van der Waals surface area contributed by atoms with Crippen molar-refractivity contribution in [3.63, 3.8) is 0 Å². The molecule has 0 saturated heterocycles. The van der Waals surface area contributed by atoms with Crippen LogP contribution in [-0.4, -0.2) is 57.1 Å². The largest absolute Gasteiger partial charge is 0.496 e. The van der Waals surface area contributed by atoms with E-state index < -0.39 is 12.0 Å². The Kier molecular flexibility index (Phi) is 5.16. The zero-order valence-electron chi connectivity index (χ0n) is 16.8. The summed E-state index contributed by atoms with van der Waals surface area (Å²) in [5.74, 6) is 0.316. The summed E-state index contributed by atoms with van der Waals surface area (Å²) in [5, 5.41) is 11.2. The molecule has 1 aromatic carbocycles. The third-order valence-corrected chi connectivity index (χ3v) is 4.87. The number of ether oxygens (including phenoxy) is 1. The molecule has 8 heteroatoms. The Morgan fingerprint density at radius 1 is 1.13 bits per heavy atom. The molecule has 0 bridgehead atoms. The van der Waals surface area contributed by atoms with Crippen molar-refractivity contribution in [2.75, 3.05) is 21.2 Å². The van der Waals surface area contributed by atoms with Gasteiger partial charge in [0.15, 0.2) is 6.10 Å². The summed E-state index contributed by atoms with van der Waals surface area (Å²) in [6, 6.07) is 11.3. The summed E-state index contributed by atoms with van der Waals surface area (Å²) < 4.78 is 5.50. The van der Waals surface area contributed by atoms with E-state index in [1.807, 2.05) is 36.5 Å². The first-order chi connectivity index (χ1) is 14.5. The second-order valence-electron chi connectivity index (χ2n) is 6.99. The number of para-hydroxylation sites is 1. The molecule has 30 heavy (non-hydrogen) atoms. The number of aromatic amines is 1. The highest BCUT2D eigenvalue weighted by Gasteiger charge is 2.21. The Morgan fingerprint density at radius 3 is 2.70 bits per heavy atom. The molecule has 1 atom stereocenters. The third-order valence-electron chi connectivity index (χ3n) is 4.87. The number of benzene rings is 1. The molecule has 0 fully saturated rings. The van der Waals surface area contributed by atoms with Gasteiger partial charge >= 0.3 is 0 Å². The molecule has 0 aliphatic carbocycles. The van der Waals surface area contributed by atoms with E-state index in [-0.39, 0.29) is 5.69 Å². The summed E-state index contributed by atoms with van der Waals surface area (Å²) in [4.78, 5) is 29.4. The van der Waals surface area contributed by atoms with Crippen LogP contribution in [0.2, 0.25) is 0 Å². The van der Waals surface area contributed by atoms with Crippen molar-refractivity contribution in [3.05, 3.63) is 60.8 Å². The van der Waals surface area contributed by atoms with Crippen LogP contribution in [0.4, 0.5) is 0 Å². The van der Waals surface area contributed by atoms with Gasteiger partial charge in [-0.25, -0.2) is 15.0 Å². The average molecular weight is 403 g/mol. The van der Waals surface area contributed by atoms with Crippen LogP contribution < -0.4 is 4.74 Å². The molecule has 8 nitrogen and oxygen atoms in total. The Morgan fingerprint density at radius 2 is 1.93 bits per heavy atom. The zero-order chi connectivity index (χ0) is 21.3. The number of pyridine rings is 1. The van der Waals surface area contributed by atoms with Gasteiger partial charge in [-0.15, -0.1) is 0 Å². The third kappa shape index (κ3) is 3.48. The molecule has 0 aliphatic heterocycles. The number of likely N-dealkylation sites (N-methyl/N-ethyl adjacent to an activating group) is 1. The summed E-state index contributed by atoms with van der Waals surface area (Å²) in [6.45, 7) is 0. The minimum absolute atomic E-state index is 0.234. The molecule has 4 aromatic rings. The Balaban J connectivity index is 1.78. The second-order valence-corrected chi connectivity index (χ2v) is 6.99. The maximum absolute atomic E-state index is 12.1. The molecule has 3 heterocycles. The summed E-state index contributed by atoms with van der Waals surface area (Å²) in [6.07, 6.45) is 3.57. The maximum atomic E-state index is 12.1. The van der Waals surface area contributed by atoms with Crippen LogP contribution in [0, 0.1) is 0 Å². The number of amides is 1. The van der Waals surface area contributed by atoms with Crippen LogP contribution in [0.3, 0.4) is 0 Å². The second kappa shape index (κ2) is 7.92. The number of hydrogen-bond acceptors (Lipinski definition) is 6. The maximum Gasteiger partial charge on any atom is 0.257 e. The molecular formula is C22H21N5O3. The molecule has 0 aliphatic rings. The van der Waals surface area contributed by atoms with Crippen molar-refractivity contribution >= 4 is 16.9 Å². The van der Waals surface area contributed by atoms with Gasteiger partial charge in [-0.2, -0.15) is 0 Å². The van der Waals surface area contributed by atoms with Gasteiger partial charge in [0.2, 0.25) is 0 Å². The van der Waals surface area contributed by atoms with Crippen molar-refractivity contribution in [2.24, 2.45) is 0 Å². The van der Waals surface area contributed by atoms with Crippen molar-refractivity contribution in [1.82, 2.24) is 24.8 Å². The molecule has 4 rings (SSSR count). The molecular weight excluding hydrogens is 382 g/mol. The minimum Gasteiger partial charge on any atom is -0.496 e. The van der Waals surface area contributed by atoms with Gasteiger partial charge in [0.05, 0.1) is 18.5 Å². The molecule has 0 saturated carbocycles. The molecule has 2 N–H and O–H groups in total. The lowest BCUT2D eigenvalue weighted by atomic mass is 10.0. The van der Waals surface area contributed by atoms with Crippen LogP contribution in [0.5, 0.6) is 5.75 Å². The predicted molar refractivity (Wildman–Crippen MR) is 113 cm³/mol. The topological polar surface area (TPSA) is 104 Å². The first kappa shape index (κ1) is 19.5. The van der Waals surface area contributed by atoms with E-state index in [9.17, 15) is 9.90 Å². The molecule has 1 amide bonds. The van der Waals surface area contributed by atoms with Crippen LogP contribution in [0.25, 0.3) is 33.4 Å². The summed E-state index contributed by atoms with van der Waals surface area (Å²) in [7, 11) is 4.80. The van der Waals surface area contributed by atoms with E-state index in [0.29, 0.717) is 5.69 Å². The number of rotatable bonds is 5. The quantitative estimate of drug-likeness (QED) is 0.531. The zero-order valence-corrected chi connectivity index (χ0v) is 16.8. The lowest BCUT2D eigenvalue weighted by Crippen LogP contribution is -2.28. The van der Waals surface area contributed by atoms with E-state index in [4.69, 9.17) is 4.74 Å². The number of hydrogen-bond donors (Lipinski definition) is 2. The van der Waals surface area contributed by atoms with Crippen LogP contribution in [-0.2, 0) is 4.79 Å². The Hall–Kier alpha value is -3.78. The van der Waals surface area contributed by atoms with E-state index >= 15 is 0 Å². The summed E-state index contributed by atoms with van der Waals surface area (Å²) in [5.41, 5.74) is 4.17. The fourth-order valence-corrected chi connectivity index (χ4v) is 3.28. The molecule has 0 radical (unpaired) electrons. The van der Waals surface area contributed by atoms with Crippen molar-refractivity contribution in [3.8, 4) is 28.1 Å². The Labute approximate surface area is 173 Å². The number of nitrogens with one attached hydrogen (secondary N) is 1. The number of aliphatic hydroxyl groups is 1. The molecule has 1 unspecified atom stereocenters. The van der Waals surface area contributed by atoms with Gasteiger partial charge < -0.3 is 19.7 Å². The highest BCUT2D eigenvalue weighted by molar-refractivity contribution is 5.97. The number of methoxy groups -OCH3 is 1. The number of carbonyl (C=O) groups is 1. The monoisotopic (exact) mass is 403 g/mol. The highest BCUT2D eigenvalue weighted by Crippen LogP contribution is 2.35. The highest BCUT2D eigenvalue weighted by atomic mass is 16.5. The van der Waals surface area contributed by atoms with Crippen LogP contribution in [0.15, 0.2) is 55.1 Å². The fraction of sp³-hybridized carbons (Fsp3) is 0.182. The SMILES string of the molecule is COc1ccccc1-c1c[nH]c2ncc(-c3cc(C(O)C(=O)N(C)C)ncn3)cc12. The van der Waals surface area contributed by atoms with Gasteiger partial charge in [-0.05, 0) is 18.2 Å². The van der Waals surface area contributed by atoms with Gasteiger partial charge in [-0.1, -0.05) is 18.2 Å². The van der Waals surface area contributed by atoms with Gasteiger partial charge in [0, 0.05) is 48.6 Å². The number of H-pyrrole nitrogens is 1. The van der Waals surface area contributed by atoms with Crippen molar-refractivity contribution in [2.45, 2.75) is 6.10 Å². The van der Waals surface area contributed by atoms with Crippen LogP contribution in [0.1, 0.15) is 11.8 Å². The van der Waals surface area contributed by atoms with Gasteiger partial charge in [0.25, 0.3) is 5.91 Å². The number of carbonyl (C=O) groups excluding carboxylic acids is 1. The number of fused-ring (bicyclic) bond motifs is 1. The van der Waals surface area contributed by atoms with Crippen molar-refractivity contribution < 1.29 is 14.6 Å². The number of aliphatic hydroxyl groups excluding tert-OH is 1. The van der Waals surface area contributed by atoms with E-state index in [1.165, 1.54) is 11.2 Å². The number of aromatic nitrogens is 4. The molecule has 152 valence electrons. The average Bonchev–Trinajstić information content (AvgIpc) is 3.21. The lowest BCUT2D eigenvalue weighted by molar-refractivity contribution is -0.138. The molecule has 3 aromatic heterocycles. The first-order valence-electron chi connectivity index (χ1n) is 9.31. The number of nitrogens with zero attached hydrogens (tertiary/aromatic N) is 4. The smallest absolute Gasteiger partial charge is 0.257 e. The van der Waals surface area contributed by atoms with E-state index in [1.54, 1.807) is 33.5 Å². The Bertz CT molecular complexity index is 1220. The van der Waals surface area contributed by atoms with Crippen LogP contribution >= 0.6 is 0 Å². The lowest BCUT2D eigenvalue weighted by Gasteiger charge is -2.15. The molecule has 0 spiro atoms. The fourth-order valence-electron chi connectivity index (χ4n) is 3.28. The van der Waals surface area contributed by atoms with Gasteiger partial charge in [-0.3, -0.25) is 4.79 Å². The summed E-state index contributed by atoms with van der Waals surface area (Å²) >= 11 is 0.